The monoisotopic (exact) mass is 346 g/mol. The van der Waals surface area contributed by atoms with Crippen LogP contribution in [0.25, 0.3) is 0 Å². The lowest BCUT2D eigenvalue weighted by molar-refractivity contribution is -0.121. The van der Waals surface area contributed by atoms with Crippen LogP contribution in [0, 0.1) is 0 Å². The van der Waals surface area contributed by atoms with Crippen molar-refractivity contribution in [1.82, 2.24) is 10.2 Å². The second kappa shape index (κ2) is 8.70. The molecule has 0 unspecified atom stereocenters. The molecule has 2 rings (SSSR count). The molecule has 1 aliphatic heterocycles. The molecular weight excluding hydrogens is 327 g/mol. The maximum absolute atomic E-state index is 11.9. The lowest BCUT2D eigenvalue weighted by Gasteiger charge is -2.28. The van der Waals surface area contributed by atoms with E-state index in [1.165, 1.54) is 0 Å². The summed E-state index contributed by atoms with van der Waals surface area (Å²) < 4.78 is 5.25. The molecule has 1 heterocycles. The second-order valence-electron chi connectivity index (χ2n) is 5.26. The fourth-order valence-corrected chi connectivity index (χ4v) is 2.69. The van der Waals surface area contributed by atoms with Crippen molar-refractivity contribution < 1.29 is 14.6 Å². The first kappa shape index (κ1) is 17.5. The van der Waals surface area contributed by atoms with Crippen molar-refractivity contribution in [3.8, 4) is 0 Å². The normalized spacial score (nSPS) is 17.2. The molecule has 0 radical (unpaired) electrons. The first-order valence-corrected chi connectivity index (χ1v) is 7.99. The minimum absolute atomic E-state index is 0.143. The number of carbonyl (C=O) groups excluding carboxylic acids is 1. The maximum Gasteiger partial charge on any atom is 0.224 e. The van der Waals surface area contributed by atoms with E-state index in [4.69, 9.17) is 27.9 Å². The Morgan fingerprint density at radius 1 is 1.36 bits per heavy atom. The molecule has 1 aliphatic rings. The van der Waals surface area contributed by atoms with Gasteiger partial charge < -0.3 is 15.2 Å². The summed E-state index contributed by atoms with van der Waals surface area (Å²) in [5, 5.41) is 13.5. The number of hydrogen-bond acceptors (Lipinski definition) is 4. The molecule has 22 heavy (non-hydrogen) atoms. The molecule has 1 aromatic carbocycles. The van der Waals surface area contributed by atoms with E-state index in [0.717, 1.165) is 13.1 Å². The number of nitrogens with one attached hydrogen (secondary N) is 1. The lowest BCUT2D eigenvalue weighted by atomic mass is 10.1. The van der Waals surface area contributed by atoms with Gasteiger partial charge in [-0.2, -0.15) is 0 Å². The number of β-amino-alcohol motifs (C(OH)–C–C–N with tert-alkyl or cyclic N) is 1. The number of amides is 1. The van der Waals surface area contributed by atoms with Crippen LogP contribution in [0.5, 0.6) is 0 Å². The molecule has 0 bridgehead atoms. The predicted molar refractivity (Wildman–Crippen MR) is 86.4 cm³/mol. The van der Waals surface area contributed by atoms with Gasteiger partial charge in [-0.25, -0.2) is 0 Å². The van der Waals surface area contributed by atoms with Gasteiger partial charge in [-0.3, -0.25) is 9.69 Å². The number of nitrogens with zero attached hydrogens (tertiary/aromatic N) is 1. The molecule has 1 saturated heterocycles. The molecule has 0 aliphatic carbocycles. The van der Waals surface area contributed by atoms with E-state index in [2.05, 4.69) is 10.2 Å². The van der Waals surface area contributed by atoms with Crippen LogP contribution < -0.4 is 5.32 Å². The first-order chi connectivity index (χ1) is 10.6. The first-order valence-electron chi connectivity index (χ1n) is 7.24. The Bertz CT molecular complexity index is 508. The second-order valence-corrected chi connectivity index (χ2v) is 6.05. The number of ether oxygens (including phenoxy) is 1. The third kappa shape index (κ3) is 5.41. The van der Waals surface area contributed by atoms with Gasteiger partial charge in [0.2, 0.25) is 5.91 Å². The molecule has 1 amide bonds. The van der Waals surface area contributed by atoms with Gasteiger partial charge in [0, 0.05) is 26.2 Å². The zero-order valence-corrected chi connectivity index (χ0v) is 13.7. The number of morpholine rings is 1. The van der Waals surface area contributed by atoms with E-state index in [9.17, 15) is 9.90 Å². The number of rotatable bonds is 6. The van der Waals surface area contributed by atoms with Crippen LogP contribution in [-0.4, -0.2) is 61.4 Å². The van der Waals surface area contributed by atoms with E-state index < -0.39 is 6.10 Å². The van der Waals surface area contributed by atoms with Crippen LogP contribution in [0.2, 0.25) is 10.0 Å². The summed E-state index contributed by atoms with van der Waals surface area (Å²) in [7, 11) is 0. The highest BCUT2D eigenvalue weighted by Gasteiger charge is 2.16. The Labute approximate surface area is 140 Å². The molecule has 0 spiro atoms. The average molecular weight is 347 g/mol. The molecule has 2 N–H and O–H groups in total. The van der Waals surface area contributed by atoms with E-state index in [1.807, 2.05) is 0 Å². The maximum atomic E-state index is 11.9. The van der Waals surface area contributed by atoms with Crippen LogP contribution >= 0.6 is 23.2 Å². The SMILES string of the molecule is O=C(Cc1cccc(Cl)c1Cl)NC[C@@H](O)CN1CCOCC1. The van der Waals surface area contributed by atoms with E-state index in [-0.39, 0.29) is 18.9 Å². The summed E-state index contributed by atoms with van der Waals surface area (Å²) in [6, 6.07) is 5.19. The Morgan fingerprint density at radius 2 is 2.09 bits per heavy atom. The summed E-state index contributed by atoms with van der Waals surface area (Å²) in [5.74, 6) is -0.190. The van der Waals surface area contributed by atoms with Crippen LogP contribution in [0.15, 0.2) is 18.2 Å². The van der Waals surface area contributed by atoms with Gasteiger partial charge in [-0.05, 0) is 11.6 Å². The minimum atomic E-state index is -0.600. The van der Waals surface area contributed by atoms with Crippen LogP contribution in [0.4, 0.5) is 0 Å². The van der Waals surface area contributed by atoms with Gasteiger partial charge >= 0.3 is 0 Å². The van der Waals surface area contributed by atoms with Crippen molar-refractivity contribution in [3.63, 3.8) is 0 Å². The highest BCUT2D eigenvalue weighted by Crippen LogP contribution is 2.25. The molecule has 1 fully saturated rings. The van der Waals surface area contributed by atoms with E-state index in [0.29, 0.717) is 35.4 Å². The largest absolute Gasteiger partial charge is 0.390 e. The zero-order valence-electron chi connectivity index (χ0n) is 12.2. The predicted octanol–water partition coefficient (Wildman–Crippen LogP) is 1.35. The molecular formula is C15H20Cl2N2O3. The highest BCUT2D eigenvalue weighted by molar-refractivity contribution is 6.42. The summed E-state index contributed by atoms with van der Waals surface area (Å²) in [5.41, 5.74) is 0.675. The van der Waals surface area contributed by atoms with Gasteiger partial charge in [0.25, 0.3) is 0 Å². The van der Waals surface area contributed by atoms with Crippen molar-refractivity contribution >= 4 is 29.1 Å². The van der Waals surface area contributed by atoms with Crippen molar-refractivity contribution in [2.45, 2.75) is 12.5 Å². The summed E-state index contributed by atoms with van der Waals surface area (Å²) >= 11 is 12.0. The van der Waals surface area contributed by atoms with Gasteiger partial charge in [-0.1, -0.05) is 35.3 Å². The van der Waals surface area contributed by atoms with Crippen molar-refractivity contribution in [2.75, 3.05) is 39.4 Å². The van der Waals surface area contributed by atoms with Gasteiger partial charge in [0.05, 0.1) is 35.8 Å². The lowest BCUT2D eigenvalue weighted by Crippen LogP contribution is -2.44. The number of halogens is 2. The zero-order chi connectivity index (χ0) is 15.9. The van der Waals surface area contributed by atoms with E-state index >= 15 is 0 Å². The minimum Gasteiger partial charge on any atom is -0.390 e. The molecule has 7 heteroatoms. The summed E-state index contributed by atoms with van der Waals surface area (Å²) in [6.07, 6.45) is -0.458. The smallest absolute Gasteiger partial charge is 0.224 e. The third-order valence-electron chi connectivity index (χ3n) is 3.49. The molecule has 5 nitrogen and oxygen atoms in total. The quantitative estimate of drug-likeness (QED) is 0.816. The van der Waals surface area contributed by atoms with Crippen molar-refractivity contribution in [3.05, 3.63) is 33.8 Å². The fourth-order valence-electron chi connectivity index (χ4n) is 2.30. The molecule has 0 aromatic heterocycles. The number of aliphatic hydroxyl groups excluding tert-OH is 1. The van der Waals surface area contributed by atoms with Gasteiger partial charge in [0.15, 0.2) is 0 Å². The Hall–Kier alpha value is -0.850. The summed E-state index contributed by atoms with van der Waals surface area (Å²) in [4.78, 5) is 14.0. The highest BCUT2D eigenvalue weighted by atomic mass is 35.5. The van der Waals surface area contributed by atoms with Crippen LogP contribution in [-0.2, 0) is 16.0 Å². The van der Waals surface area contributed by atoms with Crippen molar-refractivity contribution in [2.24, 2.45) is 0 Å². The third-order valence-corrected chi connectivity index (χ3v) is 4.35. The van der Waals surface area contributed by atoms with Crippen LogP contribution in [0.1, 0.15) is 5.56 Å². The Kier molecular flexibility index (Phi) is 6.92. The van der Waals surface area contributed by atoms with E-state index in [1.54, 1.807) is 18.2 Å². The number of carbonyl (C=O) groups is 1. The topological polar surface area (TPSA) is 61.8 Å². The molecule has 0 saturated carbocycles. The van der Waals surface area contributed by atoms with Gasteiger partial charge in [-0.15, -0.1) is 0 Å². The number of benzene rings is 1. The molecule has 122 valence electrons. The Morgan fingerprint density at radius 3 is 2.82 bits per heavy atom. The van der Waals surface area contributed by atoms with Crippen molar-refractivity contribution in [1.29, 1.82) is 0 Å². The Balaban J connectivity index is 1.73. The fraction of sp³-hybridized carbons (Fsp3) is 0.533. The number of aliphatic hydroxyl groups is 1. The standard InChI is InChI=1S/C15H20Cl2N2O3/c16-13-3-1-2-11(15(13)17)8-14(21)18-9-12(20)10-19-4-6-22-7-5-19/h1-3,12,20H,4-10H2,(H,18,21)/t12-/m1/s1. The average Bonchev–Trinajstić information content (AvgIpc) is 2.51. The molecule has 1 atom stereocenters. The summed E-state index contributed by atoms with van der Waals surface area (Å²) in [6.45, 7) is 3.74. The van der Waals surface area contributed by atoms with Crippen LogP contribution in [0.3, 0.4) is 0 Å². The van der Waals surface area contributed by atoms with Gasteiger partial charge in [0.1, 0.15) is 0 Å². The molecule has 1 aromatic rings. The number of hydrogen-bond donors (Lipinski definition) is 2.